The van der Waals surface area contributed by atoms with Crippen molar-refractivity contribution < 1.29 is 8.42 Å². The van der Waals surface area contributed by atoms with E-state index in [9.17, 15) is 8.42 Å². The van der Waals surface area contributed by atoms with Gasteiger partial charge in [0.1, 0.15) is 5.82 Å². The van der Waals surface area contributed by atoms with Crippen LogP contribution in [-0.4, -0.2) is 18.0 Å². The quantitative estimate of drug-likeness (QED) is 0.933. The number of halogens is 2. The fourth-order valence-electron chi connectivity index (χ4n) is 1.84. The molecule has 2 aromatic rings. The number of sulfonamides is 1. The van der Waals surface area contributed by atoms with E-state index in [2.05, 4.69) is 4.98 Å². The number of aromatic nitrogens is 2. The predicted molar refractivity (Wildman–Crippen MR) is 78.5 cm³/mol. The number of hydrogen-bond acceptors (Lipinski definition) is 3. The lowest BCUT2D eigenvalue weighted by molar-refractivity contribution is 0.594. The number of hydrogen-bond donors (Lipinski definition) is 1. The first-order valence-corrected chi connectivity index (χ1v) is 8.15. The van der Waals surface area contributed by atoms with Crippen molar-refractivity contribution in [3.63, 3.8) is 0 Å². The van der Waals surface area contributed by atoms with E-state index in [-0.39, 0.29) is 5.03 Å². The van der Waals surface area contributed by atoms with Crippen LogP contribution in [0, 0.1) is 0 Å². The molecule has 108 valence electrons. The van der Waals surface area contributed by atoms with Crippen LogP contribution in [0.15, 0.2) is 29.4 Å². The molecule has 0 aliphatic heterocycles. The Kier molecular flexibility index (Phi) is 4.39. The molecule has 0 saturated carbocycles. The molecule has 1 aromatic heterocycles. The Labute approximate surface area is 127 Å². The van der Waals surface area contributed by atoms with Crippen LogP contribution in [0.2, 0.25) is 10.0 Å². The van der Waals surface area contributed by atoms with Gasteiger partial charge >= 0.3 is 0 Å². The van der Waals surface area contributed by atoms with Gasteiger partial charge in [-0.1, -0.05) is 42.3 Å². The van der Waals surface area contributed by atoms with Gasteiger partial charge in [0.25, 0.3) is 10.0 Å². The zero-order valence-corrected chi connectivity index (χ0v) is 13.0. The van der Waals surface area contributed by atoms with Crippen LogP contribution in [0.4, 0.5) is 0 Å². The number of nitrogens with zero attached hydrogens (tertiary/aromatic N) is 2. The second-order valence-corrected chi connectivity index (χ2v) is 6.53. The van der Waals surface area contributed by atoms with E-state index in [1.54, 1.807) is 16.7 Å². The lowest BCUT2D eigenvalue weighted by atomic mass is 10.2. The maximum atomic E-state index is 11.3. The van der Waals surface area contributed by atoms with Crippen LogP contribution in [0.25, 0.3) is 0 Å². The molecule has 2 N–H and O–H groups in total. The molecule has 1 heterocycles. The molecule has 0 spiro atoms. The van der Waals surface area contributed by atoms with E-state index in [0.29, 0.717) is 28.8 Å². The van der Waals surface area contributed by atoms with Gasteiger partial charge in [-0.15, -0.1) is 0 Å². The average molecular weight is 334 g/mol. The van der Waals surface area contributed by atoms with Crippen molar-refractivity contribution in [2.45, 2.75) is 24.9 Å². The molecule has 0 aliphatic carbocycles. The second kappa shape index (κ2) is 5.73. The molecule has 0 saturated heterocycles. The van der Waals surface area contributed by atoms with Gasteiger partial charge in [0.2, 0.25) is 0 Å². The molecule has 0 amide bonds. The number of benzene rings is 1. The highest BCUT2D eigenvalue weighted by molar-refractivity contribution is 7.89. The molecule has 0 unspecified atom stereocenters. The van der Waals surface area contributed by atoms with Crippen LogP contribution in [0.3, 0.4) is 0 Å². The number of nitrogens with two attached hydrogens (primary N) is 1. The number of rotatable bonds is 4. The highest BCUT2D eigenvalue weighted by Gasteiger charge is 2.16. The first-order chi connectivity index (χ1) is 9.32. The molecular weight excluding hydrogens is 321 g/mol. The average Bonchev–Trinajstić information content (AvgIpc) is 2.78. The first kappa shape index (κ1) is 15.3. The zero-order chi connectivity index (χ0) is 14.9. The van der Waals surface area contributed by atoms with Crippen LogP contribution >= 0.6 is 23.2 Å². The molecule has 20 heavy (non-hydrogen) atoms. The summed E-state index contributed by atoms with van der Waals surface area (Å²) in [4.78, 5) is 4.02. The summed E-state index contributed by atoms with van der Waals surface area (Å²) in [5.41, 5.74) is 0.784. The predicted octanol–water partition coefficient (Wildman–Crippen LogP) is 2.45. The van der Waals surface area contributed by atoms with Crippen molar-refractivity contribution in [3.8, 4) is 0 Å². The lowest BCUT2D eigenvalue weighted by Gasteiger charge is -2.08. The summed E-state index contributed by atoms with van der Waals surface area (Å²) in [6.07, 6.45) is 1.99. The van der Waals surface area contributed by atoms with Crippen LogP contribution in [-0.2, 0) is 23.0 Å². The molecule has 8 heteroatoms. The number of imidazole rings is 1. The molecule has 0 fully saturated rings. The minimum absolute atomic E-state index is 0.146. The maximum Gasteiger partial charge on any atom is 0.257 e. The van der Waals surface area contributed by atoms with E-state index in [1.165, 1.54) is 6.20 Å². The monoisotopic (exact) mass is 333 g/mol. The first-order valence-electron chi connectivity index (χ1n) is 5.84. The van der Waals surface area contributed by atoms with Gasteiger partial charge in [0.05, 0.1) is 16.6 Å². The SMILES string of the molecule is CCc1nc(S(N)(=O)=O)cn1Cc1cccc(Cl)c1Cl. The van der Waals surface area contributed by atoms with Gasteiger partial charge in [-0.3, -0.25) is 0 Å². The van der Waals surface area contributed by atoms with Gasteiger partial charge in [-0.2, -0.15) is 0 Å². The Morgan fingerprint density at radius 2 is 2.05 bits per heavy atom. The van der Waals surface area contributed by atoms with Gasteiger partial charge < -0.3 is 4.57 Å². The Hall–Kier alpha value is -1.08. The fourth-order valence-corrected chi connectivity index (χ4v) is 2.72. The van der Waals surface area contributed by atoms with Crippen molar-refractivity contribution in [2.75, 3.05) is 0 Å². The molecule has 5 nitrogen and oxygen atoms in total. The third-order valence-corrected chi connectivity index (χ3v) is 4.45. The van der Waals surface area contributed by atoms with E-state index in [4.69, 9.17) is 28.3 Å². The standard InChI is InChI=1S/C12H13Cl2N3O2S/c1-2-10-16-11(20(15,18)19)7-17(10)6-8-4-3-5-9(13)12(8)14/h3-5,7H,2,6H2,1H3,(H2,15,18,19). The van der Waals surface area contributed by atoms with Crippen molar-refractivity contribution in [2.24, 2.45) is 5.14 Å². The van der Waals surface area contributed by atoms with Crippen molar-refractivity contribution in [1.82, 2.24) is 9.55 Å². The molecule has 0 atom stereocenters. The van der Waals surface area contributed by atoms with Crippen LogP contribution in [0.5, 0.6) is 0 Å². The smallest absolute Gasteiger partial charge is 0.257 e. The van der Waals surface area contributed by atoms with Gasteiger partial charge in [0.15, 0.2) is 5.03 Å². The van der Waals surface area contributed by atoms with Gasteiger partial charge in [-0.25, -0.2) is 18.5 Å². The summed E-state index contributed by atoms with van der Waals surface area (Å²) in [5.74, 6) is 0.616. The largest absolute Gasteiger partial charge is 0.329 e. The maximum absolute atomic E-state index is 11.3. The Morgan fingerprint density at radius 1 is 1.35 bits per heavy atom. The Balaban J connectivity index is 2.43. The van der Waals surface area contributed by atoms with E-state index in [0.717, 1.165) is 5.56 Å². The third kappa shape index (κ3) is 3.15. The molecule has 0 aliphatic rings. The van der Waals surface area contributed by atoms with Crippen molar-refractivity contribution in [3.05, 3.63) is 45.8 Å². The van der Waals surface area contributed by atoms with E-state index in [1.807, 2.05) is 13.0 Å². The Morgan fingerprint density at radius 3 is 2.65 bits per heavy atom. The molecule has 0 radical (unpaired) electrons. The lowest BCUT2D eigenvalue weighted by Crippen LogP contribution is -2.12. The molecular formula is C12H13Cl2N3O2S. The second-order valence-electron chi connectivity index (χ2n) is 4.23. The van der Waals surface area contributed by atoms with Crippen molar-refractivity contribution >= 4 is 33.2 Å². The number of aryl methyl sites for hydroxylation is 1. The summed E-state index contributed by atoms with van der Waals surface area (Å²) in [6, 6.07) is 5.30. The minimum atomic E-state index is -3.82. The zero-order valence-electron chi connectivity index (χ0n) is 10.7. The Bertz CT molecular complexity index is 741. The topological polar surface area (TPSA) is 78.0 Å². The molecule has 1 aromatic carbocycles. The number of primary sulfonamides is 1. The summed E-state index contributed by atoms with van der Waals surface area (Å²) in [5, 5.41) is 5.84. The summed E-state index contributed by atoms with van der Waals surface area (Å²) in [7, 11) is -3.82. The third-order valence-electron chi connectivity index (χ3n) is 2.82. The van der Waals surface area contributed by atoms with Gasteiger partial charge in [0, 0.05) is 12.6 Å². The normalized spacial score (nSPS) is 11.8. The highest BCUT2D eigenvalue weighted by atomic mass is 35.5. The van der Waals surface area contributed by atoms with Crippen LogP contribution in [0.1, 0.15) is 18.3 Å². The highest BCUT2D eigenvalue weighted by Crippen LogP contribution is 2.26. The minimum Gasteiger partial charge on any atom is -0.329 e. The van der Waals surface area contributed by atoms with E-state index < -0.39 is 10.0 Å². The summed E-state index contributed by atoms with van der Waals surface area (Å²) in [6.45, 7) is 2.26. The van der Waals surface area contributed by atoms with Gasteiger partial charge in [-0.05, 0) is 11.6 Å². The fraction of sp³-hybridized carbons (Fsp3) is 0.250. The van der Waals surface area contributed by atoms with Crippen LogP contribution < -0.4 is 5.14 Å². The molecule has 2 rings (SSSR count). The summed E-state index contributed by atoms with van der Waals surface area (Å²) < 4.78 is 24.4. The van der Waals surface area contributed by atoms with Crippen molar-refractivity contribution in [1.29, 1.82) is 0 Å². The summed E-state index contributed by atoms with van der Waals surface area (Å²) >= 11 is 12.1. The van der Waals surface area contributed by atoms with E-state index >= 15 is 0 Å². The molecule has 0 bridgehead atoms.